The number of aromatic nitrogens is 1. The molecule has 4 nitrogen and oxygen atoms in total. The predicted molar refractivity (Wildman–Crippen MR) is 91.5 cm³/mol. The smallest absolute Gasteiger partial charge is 0.126 e. The number of benzene rings is 1. The molecule has 0 saturated carbocycles. The van der Waals surface area contributed by atoms with E-state index in [1.807, 2.05) is 30.3 Å². The summed E-state index contributed by atoms with van der Waals surface area (Å²) in [6.45, 7) is 4.28. The first-order valence-electron chi connectivity index (χ1n) is 7.88. The summed E-state index contributed by atoms with van der Waals surface area (Å²) < 4.78 is 0. The first-order chi connectivity index (χ1) is 10.7. The van der Waals surface area contributed by atoms with Gasteiger partial charge >= 0.3 is 0 Å². The Kier molecular flexibility index (Phi) is 5.13. The van der Waals surface area contributed by atoms with Crippen LogP contribution in [-0.4, -0.2) is 47.8 Å². The van der Waals surface area contributed by atoms with E-state index in [1.165, 1.54) is 6.42 Å². The summed E-state index contributed by atoms with van der Waals surface area (Å²) in [5.41, 5.74) is 0.952. The number of hydrogen-bond donors (Lipinski definition) is 2. The molecule has 0 bridgehead atoms. The molecule has 2 heterocycles. The monoisotopic (exact) mass is 319 g/mol. The third kappa shape index (κ3) is 3.88. The zero-order chi connectivity index (χ0) is 15.4. The molecule has 1 fully saturated rings. The molecule has 1 unspecified atom stereocenters. The number of likely N-dealkylation sites (tertiary alicyclic amines) is 1. The SMILES string of the molecule is OCC1CCCN(CCNc2ccc3cc(Cl)ccc3n2)C1. The van der Waals surface area contributed by atoms with E-state index in [0.717, 1.165) is 54.3 Å². The zero-order valence-electron chi connectivity index (χ0n) is 12.6. The van der Waals surface area contributed by atoms with Crippen molar-refractivity contribution in [3.05, 3.63) is 35.4 Å². The average Bonchev–Trinajstić information content (AvgIpc) is 2.55. The van der Waals surface area contributed by atoms with Crippen LogP contribution in [-0.2, 0) is 0 Å². The fourth-order valence-corrected chi connectivity index (χ4v) is 3.22. The molecule has 1 aromatic carbocycles. The lowest BCUT2D eigenvalue weighted by Crippen LogP contribution is -2.39. The van der Waals surface area contributed by atoms with Gasteiger partial charge in [0.25, 0.3) is 0 Å². The summed E-state index contributed by atoms with van der Waals surface area (Å²) >= 11 is 5.99. The zero-order valence-corrected chi connectivity index (χ0v) is 13.4. The Morgan fingerprint density at radius 2 is 2.23 bits per heavy atom. The van der Waals surface area contributed by atoms with E-state index in [4.69, 9.17) is 11.6 Å². The highest BCUT2D eigenvalue weighted by Gasteiger charge is 2.18. The average molecular weight is 320 g/mol. The van der Waals surface area contributed by atoms with Crippen molar-refractivity contribution in [3.8, 4) is 0 Å². The molecule has 22 heavy (non-hydrogen) atoms. The molecule has 1 aromatic heterocycles. The van der Waals surface area contributed by atoms with Crippen LogP contribution in [0.2, 0.25) is 5.02 Å². The summed E-state index contributed by atoms with van der Waals surface area (Å²) in [5.74, 6) is 1.34. The minimum atomic E-state index is 0.304. The van der Waals surface area contributed by atoms with Crippen LogP contribution in [0.4, 0.5) is 5.82 Å². The van der Waals surface area contributed by atoms with Gasteiger partial charge in [0.1, 0.15) is 5.82 Å². The summed E-state index contributed by atoms with van der Waals surface area (Å²) in [7, 11) is 0. The predicted octanol–water partition coefficient (Wildman–Crippen LogP) is 3.00. The molecule has 2 N–H and O–H groups in total. The largest absolute Gasteiger partial charge is 0.396 e. The second-order valence-electron chi connectivity index (χ2n) is 5.95. The van der Waals surface area contributed by atoms with Gasteiger partial charge in [0.2, 0.25) is 0 Å². The van der Waals surface area contributed by atoms with E-state index in [1.54, 1.807) is 0 Å². The molecule has 5 heteroatoms. The lowest BCUT2D eigenvalue weighted by molar-refractivity contribution is 0.123. The highest BCUT2D eigenvalue weighted by atomic mass is 35.5. The van der Waals surface area contributed by atoms with E-state index in [2.05, 4.69) is 15.2 Å². The second kappa shape index (κ2) is 7.27. The van der Waals surface area contributed by atoms with E-state index >= 15 is 0 Å². The molecule has 0 aliphatic carbocycles. The van der Waals surface area contributed by atoms with Crippen molar-refractivity contribution in [3.63, 3.8) is 0 Å². The van der Waals surface area contributed by atoms with Gasteiger partial charge in [0.05, 0.1) is 5.52 Å². The number of halogens is 1. The molecule has 118 valence electrons. The van der Waals surface area contributed by atoms with Gasteiger partial charge in [0, 0.05) is 36.7 Å². The van der Waals surface area contributed by atoms with Gasteiger partial charge in [-0.05, 0) is 55.6 Å². The first-order valence-corrected chi connectivity index (χ1v) is 8.26. The first kappa shape index (κ1) is 15.5. The van der Waals surface area contributed by atoms with Crippen LogP contribution in [0.15, 0.2) is 30.3 Å². The quantitative estimate of drug-likeness (QED) is 0.889. The highest BCUT2D eigenvalue weighted by molar-refractivity contribution is 6.31. The van der Waals surface area contributed by atoms with Gasteiger partial charge in [-0.15, -0.1) is 0 Å². The number of piperidine rings is 1. The molecule has 0 radical (unpaired) electrons. The van der Waals surface area contributed by atoms with Crippen molar-refractivity contribution in [2.75, 3.05) is 38.1 Å². The van der Waals surface area contributed by atoms with E-state index in [0.29, 0.717) is 12.5 Å². The normalized spacial score (nSPS) is 19.5. The summed E-state index contributed by atoms with van der Waals surface area (Å²) in [4.78, 5) is 7.02. The van der Waals surface area contributed by atoms with E-state index in [9.17, 15) is 5.11 Å². The molecule has 1 aliphatic heterocycles. The Bertz CT molecular complexity index is 634. The number of anilines is 1. The lowest BCUT2D eigenvalue weighted by atomic mass is 9.99. The molecule has 1 aliphatic rings. The molecular weight excluding hydrogens is 298 g/mol. The molecule has 0 spiro atoms. The number of aliphatic hydroxyl groups is 1. The van der Waals surface area contributed by atoms with Crippen LogP contribution in [0.5, 0.6) is 0 Å². The van der Waals surface area contributed by atoms with E-state index < -0.39 is 0 Å². The number of hydrogen-bond acceptors (Lipinski definition) is 4. The van der Waals surface area contributed by atoms with Gasteiger partial charge in [-0.2, -0.15) is 0 Å². The van der Waals surface area contributed by atoms with Gasteiger partial charge in [0.15, 0.2) is 0 Å². The summed E-state index contributed by atoms with van der Waals surface area (Å²) in [5, 5.41) is 14.4. The Balaban J connectivity index is 1.54. The lowest BCUT2D eigenvalue weighted by Gasteiger charge is -2.31. The number of pyridine rings is 1. The topological polar surface area (TPSA) is 48.4 Å². The number of aliphatic hydroxyl groups excluding tert-OH is 1. The third-order valence-electron chi connectivity index (χ3n) is 4.25. The van der Waals surface area contributed by atoms with Crippen molar-refractivity contribution >= 4 is 28.3 Å². The van der Waals surface area contributed by atoms with Gasteiger partial charge < -0.3 is 15.3 Å². The minimum absolute atomic E-state index is 0.304. The van der Waals surface area contributed by atoms with Gasteiger partial charge in [-0.25, -0.2) is 4.98 Å². The molecule has 3 rings (SSSR count). The number of nitrogens with zero attached hydrogens (tertiary/aromatic N) is 2. The van der Waals surface area contributed by atoms with Gasteiger partial charge in [-0.3, -0.25) is 0 Å². The van der Waals surface area contributed by atoms with Crippen LogP contribution in [0, 0.1) is 5.92 Å². The summed E-state index contributed by atoms with van der Waals surface area (Å²) in [6, 6.07) is 9.77. The molecule has 0 amide bonds. The van der Waals surface area contributed by atoms with Crippen LogP contribution in [0.3, 0.4) is 0 Å². The highest BCUT2D eigenvalue weighted by Crippen LogP contribution is 2.20. The maximum Gasteiger partial charge on any atom is 0.126 e. The molecule has 2 aromatic rings. The Morgan fingerprint density at radius 1 is 1.32 bits per heavy atom. The maximum absolute atomic E-state index is 9.27. The number of rotatable bonds is 5. The van der Waals surface area contributed by atoms with Crippen LogP contribution >= 0.6 is 11.6 Å². The van der Waals surface area contributed by atoms with Crippen LogP contribution in [0.1, 0.15) is 12.8 Å². The van der Waals surface area contributed by atoms with Crippen molar-refractivity contribution < 1.29 is 5.11 Å². The third-order valence-corrected chi connectivity index (χ3v) is 4.48. The van der Waals surface area contributed by atoms with E-state index in [-0.39, 0.29) is 0 Å². The maximum atomic E-state index is 9.27. The van der Waals surface area contributed by atoms with Crippen LogP contribution < -0.4 is 5.32 Å². The van der Waals surface area contributed by atoms with Crippen molar-refractivity contribution in [2.24, 2.45) is 5.92 Å². The fraction of sp³-hybridized carbons (Fsp3) is 0.471. The molecule has 1 atom stereocenters. The molecule has 1 saturated heterocycles. The standard InChI is InChI=1S/C17H22ClN3O/c18-15-4-5-16-14(10-15)3-6-17(20-16)19-7-9-21-8-1-2-13(11-21)12-22/h3-6,10,13,22H,1-2,7-9,11-12H2,(H,19,20). The Hall–Kier alpha value is -1.36. The van der Waals surface area contributed by atoms with Crippen LogP contribution in [0.25, 0.3) is 10.9 Å². The number of nitrogens with one attached hydrogen (secondary N) is 1. The second-order valence-corrected chi connectivity index (χ2v) is 6.39. The molecular formula is C17H22ClN3O. The number of fused-ring (bicyclic) bond motifs is 1. The van der Waals surface area contributed by atoms with Crippen molar-refractivity contribution in [1.29, 1.82) is 0 Å². The van der Waals surface area contributed by atoms with Crippen molar-refractivity contribution in [2.45, 2.75) is 12.8 Å². The Labute approximate surface area is 136 Å². The van der Waals surface area contributed by atoms with Gasteiger partial charge in [-0.1, -0.05) is 11.6 Å². The fourth-order valence-electron chi connectivity index (χ4n) is 3.04. The van der Waals surface area contributed by atoms with Crippen molar-refractivity contribution in [1.82, 2.24) is 9.88 Å². The minimum Gasteiger partial charge on any atom is -0.396 e. The summed E-state index contributed by atoms with van der Waals surface area (Å²) in [6.07, 6.45) is 2.33. The Morgan fingerprint density at radius 3 is 3.09 bits per heavy atom.